The van der Waals surface area contributed by atoms with Crippen molar-refractivity contribution in [3.63, 3.8) is 0 Å². The zero-order valence-corrected chi connectivity index (χ0v) is 11.0. The summed E-state index contributed by atoms with van der Waals surface area (Å²) in [6, 6.07) is 0. The van der Waals surface area contributed by atoms with Gasteiger partial charge in [0.2, 0.25) is 0 Å². The summed E-state index contributed by atoms with van der Waals surface area (Å²) in [5, 5.41) is 8.54. The van der Waals surface area contributed by atoms with E-state index in [4.69, 9.17) is 5.11 Å². The van der Waals surface area contributed by atoms with Gasteiger partial charge in [-0.2, -0.15) is 0 Å². The topological polar surface area (TPSA) is 37.3 Å². The number of hydrogen-bond donors (Lipinski definition) is 1. The van der Waals surface area contributed by atoms with Crippen molar-refractivity contribution in [2.24, 2.45) is 5.41 Å². The number of unbranched alkanes of at least 4 members (excludes halogenated alkanes) is 3. The number of rotatable bonds is 9. The standard InChI is InChI=1S/C14H26O2/c1-4-6-7-8-11-14(3,5-2)12-9-10-13(15)16/h9-10H,4-8,11-12H2,1-3H3,(H,15,16)/b10-9+. The number of allylic oxidation sites excluding steroid dienone is 1. The summed E-state index contributed by atoms with van der Waals surface area (Å²) in [4.78, 5) is 10.4. The van der Waals surface area contributed by atoms with Crippen molar-refractivity contribution in [1.29, 1.82) is 0 Å². The highest BCUT2D eigenvalue weighted by Gasteiger charge is 2.19. The highest BCUT2D eigenvalue weighted by molar-refractivity contribution is 5.79. The van der Waals surface area contributed by atoms with E-state index in [-0.39, 0.29) is 5.41 Å². The zero-order valence-electron chi connectivity index (χ0n) is 11.0. The van der Waals surface area contributed by atoms with Crippen molar-refractivity contribution in [2.45, 2.75) is 65.7 Å². The van der Waals surface area contributed by atoms with Gasteiger partial charge in [0.1, 0.15) is 0 Å². The molecule has 16 heavy (non-hydrogen) atoms. The largest absolute Gasteiger partial charge is 0.478 e. The van der Waals surface area contributed by atoms with Gasteiger partial charge in [-0.3, -0.25) is 0 Å². The van der Waals surface area contributed by atoms with Crippen molar-refractivity contribution in [1.82, 2.24) is 0 Å². The lowest BCUT2D eigenvalue weighted by molar-refractivity contribution is -0.131. The van der Waals surface area contributed by atoms with Crippen LogP contribution in [-0.4, -0.2) is 11.1 Å². The van der Waals surface area contributed by atoms with Crippen molar-refractivity contribution in [2.75, 3.05) is 0 Å². The quantitative estimate of drug-likeness (QED) is 0.467. The summed E-state index contributed by atoms with van der Waals surface area (Å²) in [7, 11) is 0. The van der Waals surface area contributed by atoms with Gasteiger partial charge in [-0.1, -0.05) is 59.0 Å². The minimum atomic E-state index is -0.843. The first-order valence-corrected chi connectivity index (χ1v) is 6.43. The molecular formula is C14H26O2. The molecule has 0 aliphatic heterocycles. The lowest BCUT2D eigenvalue weighted by Crippen LogP contribution is -2.14. The van der Waals surface area contributed by atoms with E-state index < -0.39 is 5.97 Å². The normalized spacial score (nSPS) is 15.2. The Morgan fingerprint density at radius 2 is 1.94 bits per heavy atom. The molecule has 0 amide bonds. The van der Waals surface area contributed by atoms with Crippen molar-refractivity contribution < 1.29 is 9.90 Å². The van der Waals surface area contributed by atoms with Crippen LogP contribution in [0.25, 0.3) is 0 Å². The van der Waals surface area contributed by atoms with Crippen LogP contribution in [0, 0.1) is 5.41 Å². The molecule has 0 spiro atoms. The molecule has 2 heteroatoms. The summed E-state index contributed by atoms with van der Waals surface area (Å²) in [6.07, 6.45) is 11.4. The molecule has 0 heterocycles. The third-order valence-corrected chi connectivity index (χ3v) is 3.36. The van der Waals surface area contributed by atoms with Crippen LogP contribution in [0.3, 0.4) is 0 Å². The molecule has 0 aliphatic rings. The molecule has 1 unspecified atom stereocenters. The van der Waals surface area contributed by atoms with Gasteiger partial charge in [0.25, 0.3) is 0 Å². The third-order valence-electron chi connectivity index (χ3n) is 3.36. The van der Waals surface area contributed by atoms with Gasteiger partial charge in [-0.15, -0.1) is 0 Å². The molecule has 1 atom stereocenters. The number of carboxylic acid groups (broad SMARTS) is 1. The van der Waals surface area contributed by atoms with E-state index in [0.717, 1.165) is 12.8 Å². The van der Waals surface area contributed by atoms with E-state index >= 15 is 0 Å². The molecule has 0 aromatic heterocycles. The molecule has 0 rings (SSSR count). The Morgan fingerprint density at radius 3 is 2.44 bits per heavy atom. The van der Waals surface area contributed by atoms with Crippen LogP contribution in [0.2, 0.25) is 0 Å². The van der Waals surface area contributed by atoms with Crippen molar-refractivity contribution in [3.8, 4) is 0 Å². The van der Waals surface area contributed by atoms with Gasteiger partial charge in [0.05, 0.1) is 0 Å². The molecule has 0 saturated carbocycles. The summed E-state index contributed by atoms with van der Waals surface area (Å²) >= 11 is 0. The number of aliphatic carboxylic acids is 1. The van der Waals surface area contributed by atoms with Crippen LogP contribution in [0.15, 0.2) is 12.2 Å². The van der Waals surface area contributed by atoms with E-state index in [2.05, 4.69) is 20.8 Å². The van der Waals surface area contributed by atoms with E-state index in [1.54, 1.807) is 6.08 Å². The minimum Gasteiger partial charge on any atom is -0.478 e. The smallest absolute Gasteiger partial charge is 0.327 e. The molecule has 0 bridgehead atoms. The summed E-state index contributed by atoms with van der Waals surface area (Å²) in [6.45, 7) is 6.66. The van der Waals surface area contributed by atoms with Gasteiger partial charge in [0.15, 0.2) is 0 Å². The minimum absolute atomic E-state index is 0.277. The van der Waals surface area contributed by atoms with E-state index in [0.29, 0.717) is 0 Å². The fourth-order valence-corrected chi connectivity index (χ4v) is 1.85. The van der Waals surface area contributed by atoms with Crippen molar-refractivity contribution >= 4 is 5.97 Å². The monoisotopic (exact) mass is 226 g/mol. The first-order valence-electron chi connectivity index (χ1n) is 6.43. The summed E-state index contributed by atoms with van der Waals surface area (Å²) < 4.78 is 0. The summed E-state index contributed by atoms with van der Waals surface area (Å²) in [5.41, 5.74) is 0.277. The average Bonchev–Trinajstić information content (AvgIpc) is 2.24. The molecule has 2 nitrogen and oxygen atoms in total. The van der Waals surface area contributed by atoms with E-state index in [1.165, 1.54) is 38.2 Å². The molecule has 0 aliphatic carbocycles. The fourth-order valence-electron chi connectivity index (χ4n) is 1.85. The molecule has 0 fully saturated rings. The molecular weight excluding hydrogens is 200 g/mol. The summed E-state index contributed by atoms with van der Waals surface area (Å²) in [5.74, 6) is -0.843. The van der Waals surface area contributed by atoms with Crippen LogP contribution in [-0.2, 0) is 4.79 Å². The Labute approximate surface area is 99.7 Å². The molecule has 94 valence electrons. The lowest BCUT2D eigenvalue weighted by Gasteiger charge is -2.26. The Balaban J connectivity index is 3.95. The maximum Gasteiger partial charge on any atom is 0.327 e. The van der Waals surface area contributed by atoms with Gasteiger partial charge in [-0.25, -0.2) is 4.79 Å². The second-order valence-electron chi connectivity index (χ2n) is 4.92. The predicted molar refractivity (Wildman–Crippen MR) is 68.5 cm³/mol. The highest BCUT2D eigenvalue weighted by Crippen LogP contribution is 2.32. The lowest BCUT2D eigenvalue weighted by atomic mass is 9.79. The van der Waals surface area contributed by atoms with E-state index in [1.807, 2.05) is 0 Å². The zero-order chi connectivity index (χ0) is 12.4. The van der Waals surface area contributed by atoms with Crippen LogP contribution in [0.4, 0.5) is 0 Å². The van der Waals surface area contributed by atoms with E-state index in [9.17, 15) is 4.79 Å². The van der Waals surface area contributed by atoms with Gasteiger partial charge >= 0.3 is 5.97 Å². The van der Waals surface area contributed by atoms with Gasteiger partial charge < -0.3 is 5.11 Å². The van der Waals surface area contributed by atoms with Gasteiger partial charge in [0, 0.05) is 6.08 Å². The van der Waals surface area contributed by atoms with Crippen molar-refractivity contribution in [3.05, 3.63) is 12.2 Å². The van der Waals surface area contributed by atoms with Crippen LogP contribution < -0.4 is 0 Å². The Kier molecular flexibility index (Phi) is 7.96. The molecule has 0 aromatic rings. The first-order chi connectivity index (χ1) is 7.54. The number of carboxylic acids is 1. The number of hydrogen-bond acceptors (Lipinski definition) is 1. The molecule has 0 aromatic carbocycles. The predicted octanol–water partition coefficient (Wildman–Crippen LogP) is 4.40. The third kappa shape index (κ3) is 7.49. The number of carbonyl (C=O) groups is 1. The fraction of sp³-hybridized carbons (Fsp3) is 0.786. The van der Waals surface area contributed by atoms with Crippen LogP contribution in [0.1, 0.15) is 65.7 Å². The Bertz CT molecular complexity index is 221. The second-order valence-corrected chi connectivity index (χ2v) is 4.92. The average molecular weight is 226 g/mol. The van der Waals surface area contributed by atoms with Crippen LogP contribution >= 0.6 is 0 Å². The highest BCUT2D eigenvalue weighted by atomic mass is 16.4. The molecule has 0 radical (unpaired) electrons. The maximum atomic E-state index is 10.4. The molecule has 0 saturated heterocycles. The molecule has 1 N–H and O–H groups in total. The Morgan fingerprint density at radius 1 is 1.25 bits per heavy atom. The van der Waals surface area contributed by atoms with Gasteiger partial charge in [-0.05, 0) is 18.3 Å². The Hall–Kier alpha value is -0.790. The first kappa shape index (κ1) is 15.2. The maximum absolute atomic E-state index is 10.4. The second kappa shape index (κ2) is 8.37. The SMILES string of the molecule is CCCCCCC(C)(CC)C/C=C/C(=O)O. The van der Waals surface area contributed by atoms with Crippen LogP contribution in [0.5, 0.6) is 0 Å².